The third kappa shape index (κ3) is 3.75. The average molecular weight is 289 g/mol. The van der Waals surface area contributed by atoms with Gasteiger partial charge in [0.15, 0.2) is 0 Å². The Morgan fingerprint density at radius 1 is 1.05 bits per heavy atom. The van der Waals surface area contributed by atoms with E-state index in [1.54, 1.807) is 0 Å². The highest BCUT2D eigenvalue weighted by Crippen LogP contribution is 2.37. The van der Waals surface area contributed by atoms with Crippen molar-refractivity contribution in [1.29, 1.82) is 0 Å². The summed E-state index contributed by atoms with van der Waals surface area (Å²) in [6.45, 7) is 1.41. The van der Waals surface area contributed by atoms with Gasteiger partial charge in [-0.2, -0.15) is 22.0 Å². The first-order valence-corrected chi connectivity index (χ1v) is 5.86. The van der Waals surface area contributed by atoms with Crippen LogP contribution in [0.5, 0.6) is 0 Å². The molecule has 0 aromatic heterocycles. The first-order valence-electron chi connectivity index (χ1n) is 5.86. The van der Waals surface area contributed by atoms with E-state index in [9.17, 15) is 26.7 Å². The van der Waals surface area contributed by atoms with Gasteiger partial charge in [0.1, 0.15) is 0 Å². The molecule has 1 amide bonds. The van der Waals surface area contributed by atoms with E-state index in [4.69, 9.17) is 5.73 Å². The molecule has 0 radical (unpaired) electrons. The normalized spacial score (nSPS) is 19.4. The first-order chi connectivity index (χ1) is 8.70. The maximum Gasteiger partial charge on any atom is 0.463 e. The third-order valence-electron chi connectivity index (χ3n) is 2.95. The van der Waals surface area contributed by atoms with Crippen LogP contribution in [0.1, 0.15) is 6.42 Å². The Bertz CT molecular complexity index is 321. The molecule has 0 aliphatic carbocycles. The van der Waals surface area contributed by atoms with Crippen LogP contribution in [0.2, 0.25) is 0 Å². The van der Waals surface area contributed by atoms with Crippen LogP contribution in [0.4, 0.5) is 22.0 Å². The maximum absolute atomic E-state index is 12.9. The number of hydrogen-bond donors (Lipinski definition) is 1. The fourth-order valence-electron chi connectivity index (χ4n) is 1.90. The molecule has 0 unspecified atom stereocenters. The van der Waals surface area contributed by atoms with E-state index < -0.39 is 18.0 Å². The van der Waals surface area contributed by atoms with E-state index in [0.29, 0.717) is 31.0 Å². The molecule has 0 atom stereocenters. The van der Waals surface area contributed by atoms with Crippen molar-refractivity contribution >= 4 is 5.91 Å². The molecule has 0 saturated carbocycles. The van der Waals surface area contributed by atoms with Gasteiger partial charge in [-0.3, -0.25) is 4.79 Å². The molecular formula is C10H16F5N3O. The molecule has 0 aromatic carbocycles. The van der Waals surface area contributed by atoms with Gasteiger partial charge in [0, 0.05) is 32.7 Å². The molecule has 1 fully saturated rings. The highest BCUT2D eigenvalue weighted by molar-refractivity contribution is 5.84. The van der Waals surface area contributed by atoms with Crippen molar-refractivity contribution in [2.24, 2.45) is 5.73 Å². The van der Waals surface area contributed by atoms with Crippen LogP contribution in [-0.2, 0) is 4.79 Å². The molecule has 4 nitrogen and oxygen atoms in total. The zero-order chi connectivity index (χ0) is 14.7. The molecule has 112 valence electrons. The SMILES string of the molecule is NCCN1CCCN(C(=O)C(F)(F)C(F)(F)F)CC1. The summed E-state index contributed by atoms with van der Waals surface area (Å²) >= 11 is 0. The number of carbonyl (C=O) groups is 1. The summed E-state index contributed by atoms with van der Waals surface area (Å²) in [5.41, 5.74) is 5.34. The average Bonchev–Trinajstić information content (AvgIpc) is 2.52. The Balaban J connectivity index is 2.68. The first kappa shape index (κ1) is 16.1. The minimum Gasteiger partial charge on any atom is -0.336 e. The van der Waals surface area contributed by atoms with E-state index in [-0.39, 0.29) is 19.6 Å². The van der Waals surface area contributed by atoms with Crippen LogP contribution in [0.15, 0.2) is 0 Å². The highest BCUT2D eigenvalue weighted by atomic mass is 19.4. The van der Waals surface area contributed by atoms with Gasteiger partial charge in [0.2, 0.25) is 0 Å². The number of nitrogens with two attached hydrogens (primary N) is 1. The monoisotopic (exact) mass is 289 g/mol. The van der Waals surface area contributed by atoms with Crippen LogP contribution < -0.4 is 5.73 Å². The summed E-state index contributed by atoms with van der Waals surface area (Å²) in [7, 11) is 0. The second kappa shape index (κ2) is 6.00. The lowest BCUT2D eigenvalue weighted by Crippen LogP contribution is -2.52. The molecule has 0 spiro atoms. The second-order valence-electron chi connectivity index (χ2n) is 4.35. The third-order valence-corrected chi connectivity index (χ3v) is 2.95. The summed E-state index contributed by atoms with van der Waals surface area (Å²) in [5, 5.41) is 0. The highest BCUT2D eigenvalue weighted by Gasteiger charge is 2.64. The number of alkyl halides is 5. The van der Waals surface area contributed by atoms with Gasteiger partial charge in [0.05, 0.1) is 0 Å². The minimum atomic E-state index is -5.85. The van der Waals surface area contributed by atoms with Gasteiger partial charge in [0.25, 0.3) is 0 Å². The van der Waals surface area contributed by atoms with Crippen LogP contribution in [0.25, 0.3) is 0 Å². The quantitative estimate of drug-likeness (QED) is 0.777. The van der Waals surface area contributed by atoms with Crippen LogP contribution >= 0.6 is 0 Å². The lowest BCUT2D eigenvalue weighted by molar-refractivity contribution is -0.274. The molecule has 9 heteroatoms. The number of hydrogen-bond acceptors (Lipinski definition) is 3. The van der Waals surface area contributed by atoms with Crippen molar-refractivity contribution in [1.82, 2.24) is 9.80 Å². The van der Waals surface area contributed by atoms with E-state index in [2.05, 4.69) is 0 Å². The number of nitrogens with zero attached hydrogens (tertiary/aromatic N) is 2. The summed E-state index contributed by atoms with van der Waals surface area (Å²) in [6.07, 6.45) is -5.51. The Morgan fingerprint density at radius 3 is 2.21 bits per heavy atom. The van der Waals surface area contributed by atoms with Gasteiger partial charge in [-0.15, -0.1) is 0 Å². The van der Waals surface area contributed by atoms with Gasteiger partial charge in [-0.25, -0.2) is 0 Å². The lowest BCUT2D eigenvalue weighted by Gasteiger charge is -2.27. The molecule has 1 saturated heterocycles. The van der Waals surface area contributed by atoms with Crippen LogP contribution in [0, 0.1) is 0 Å². The summed E-state index contributed by atoms with van der Waals surface area (Å²) in [5.74, 6) is -7.50. The van der Waals surface area contributed by atoms with Crippen molar-refractivity contribution < 1.29 is 26.7 Å². The van der Waals surface area contributed by atoms with Crippen molar-refractivity contribution in [2.45, 2.75) is 18.5 Å². The largest absolute Gasteiger partial charge is 0.463 e. The smallest absolute Gasteiger partial charge is 0.336 e. The molecule has 0 aromatic rings. The molecule has 0 bridgehead atoms. The van der Waals surface area contributed by atoms with E-state index in [1.807, 2.05) is 4.90 Å². The van der Waals surface area contributed by atoms with Gasteiger partial charge in [-0.1, -0.05) is 0 Å². The second-order valence-corrected chi connectivity index (χ2v) is 4.35. The summed E-state index contributed by atoms with van der Waals surface area (Å²) in [4.78, 5) is 13.7. The molecule has 1 aliphatic rings. The Kier molecular flexibility index (Phi) is 5.08. The molecule has 2 N–H and O–H groups in total. The topological polar surface area (TPSA) is 49.6 Å². The van der Waals surface area contributed by atoms with Gasteiger partial charge < -0.3 is 15.5 Å². The fourth-order valence-corrected chi connectivity index (χ4v) is 1.90. The van der Waals surface area contributed by atoms with Crippen molar-refractivity contribution in [3.05, 3.63) is 0 Å². The van der Waals surface area contributed by atoms with Crippen molar-refractivity contribution in [3.63, 3.8) is 0 Å². The van der Waals surface area contributed by atoms with Crippen LogP contribution in [0.3, 0.4) is 0 Å². The fraction of sp³-hybridized carbons (Fsp3) is 0.900. The van der Waals surface area contributed by atoms with E-state index in [1.165, 1.54) is 0 Å². The minimum absolute atomic E-state index is 0.106. The lowest BCUT2D eigenvalue weighted by atomic mass is 10.2. The zero-order valence-electron chi connectivity index (χ0n) is 10.2. The maximum atomic E-state index is 12.9. The predicted octanol–water partition coefficient (Wildman–Crippen LogP) is 0.677. The molecule has 1 heterocycles. The predicted molar refractivity (Wildman–Crippen MR) is 57.7 cm³/mol. The van der Waals surface area contributed by atoms with Crippen molar-refractivity contribution in [2.75, 3.05) is 39.3 Å². The Hall–Kier alpha value is -0.960. The number of halogens is 5. The zero-order valence-corrected chi connectivity index (χ0v) is 10.2. The van der Waals surface area contributed by atoms with Crippen molar-refractivity contribution in [3.8, 4) is 0 Å². The standard InChI is InChI=1S/C10H16F5N3O/c11-9(12,10(13,14)15)8(19)18-4-1-3-17(5-2-16)6-7-18/h1-7,16H2. The van der Waals surface area contributed by atoms with Crippen LogP contribution in [-0.4, -0.2) is 67.1 Å². The number of amides is 1. The van der Waals surface area contributed by atoms with E-state index >= 15 is 0 Å². The molecule has 1 aliphatic heterocycles. The Morgan fingerprint density at radius 2 is 1.68 bits per heavy atom. The van der Waals surface area contributed by atoms with E-state index in [0.717, 1.165) is 0 Å². The Labute approximate surface area is 107 Å². The number of carbonyl (C=O) groups excluding carboxylic acids is 1. The molecule has 1 rings (SSSR count). The van der Waals surface area contributed by atoms with Gasteiger partial charge in [-0.05, 0) is 13.0 Å². The van der Waals surface area contributed by atoms with Gasteiger partial charge >= 0.3 is 18.0 Å². The number of rotatable bonds is 3. The molecular weight excluding hydrogens is 273 g/mol. The molecule has 19 heavy (non-hydrogen) atoms. The summed E-state index contributed by atoms with van der Waals surface area (Å²) < 4.78 is 62.2. The summed E-state index contributed by atoms with van der Waals surface area (Å²) in [6, 6.07) is 0.